The molecule has 2 heterocycles. The molecule has 2 unspecified atom stereocenters. The number of nitrogens with two attached hydrogens (primary N) is 1. The molecule has 0 amide bonds. The lowest BCUT2D eigenvalue weighted by Crippen LogP contribution is -2.24. The lowest BCUT2D eigenvalue weighted by Gasteiger charge is -2.12. The van der Waals surface area contributed by atoms with Crippen LogP contribution in [0.2, 0.25) is 0 Å². The third kappa shape index (κ3) is 1.35. The Morgan fingerprint density at radius 1 is 1.36 bits per heavy atom. The highest BCUT2D eigenvalue weighted by Gasteiger charge is 2.17. The molecule has 0 fully saturated rings. The van der Waals surface area contributed by atoms with Gasteiger partial charge in [-0.2, -0.15) is 9.61 Å². The molecule has 0 radical (unpaired) electrons. The highest BCUT2D eigenvalue weighted by Crippen LogP contribution is 2.15. The van der Waals surface area contributed by atoms with Gasteiger partial charge in [-0.05, 0) is 19.1 Å². The summed E-state index contributed by atoms with van der Waals surface area (Å²) >= 11 is 0. The maximum absolute atomic E-state index is 5.81. The van der Waals surface area contributed by atoms with E-state index in [0.29, 0.717) is 0 Å². The van der Waals surface area contributed by atoms with Crippen molar-refractivity contribution in [2.75, 3.05) is 0 Å². The maximum atomic E-state index is 5.81. The Balaban J connectivity index is 2.53. The summed E-state index contributed by atoms with van der Waals surface area (Å²) in [5.74, 6) is 0.968. The zero-order valence-corrected chi connectivity index (χ0v) is 8.25. The predicted octanol–water partition coefficient (Wildman–Crippen LogP) is 0.575. The maximum Gasteiger partial charge on any atom is 0.177 e. The third-order valence-corrected chi connectivity index (χ3v) is 2.40. The van der Waals surface area contributed by atoms with E-state index in [-0.39, 0.29) is 12.0 Å². The normalized spacial score (nSPS) is 15.6. The number of hydrogen-bond acceptors (Lipinski definition) is 4. The summed E-state index contributed by atoms with van der Waals surface area (Å²) in [6.07, 6.45) is 1.72. The summed E-state index contributed by atoms with van der Waals surface area (Å²) in [7, 11) is 0. The van der Waals surface area contributed by atoms with Gasteiger partial charge >= 0.3 is 0 Å². The summed E-state index contributed by atoms with van der Waals surface area (Å²) in [6, 6.07) is 3.76. The first-order chi connectivity index (χ1) is 6.70. The van der Waals surface area contributed by atoms with Crippen LogP contribution in [0.15, 0.2) is 18.3 Å². The van der Waals surface area contributed by atoms with Gasteiger partial charge in [0.05, 0.1) is 0 Å². The first-order valence-corrected chi connectivity index (χ1v) is 4.62. The van der Waals surface area contributed by atoms with Crippen molar-refractivity contribution in [1.29, 1.82) is 0 Å². The van der Waals surface area contributed by atoms with Crippen molar-refractivity contribution >= 4 is 5.65 Å². The third-order valence-electron chi connectivity index (χ3n) is 2.40. The molecule has 0 aliphatic heterocycles. The van der Waals surface area contributed by atoms with E-state index in [0.717, 1.165) is 11.5 Å². The quantitative estimate of drug-likeness (QED) is 0.753. The number of aromatic nitrogens is 4. The average molecular weight is 191 g/mol. The van der Waals surface area contributed by atoms with Crippen LogP contribution in [0.1, 0.15) is 25.6 Å². The molecule has 74 valence electrons. The van der Waals surface area contributed by atoms with Gasteiger partial charge in [-0.15, -0.1) is 10.2 Å². The van der Waals surface area contributed by atoms with Crippen molar-refractivity contribution in [1.82, 2.24) is 19.8 Å². The highest BCUT2D eigenvalue weighted by molar-refractivity contribution is 5.35. The molecule has 0 aliphatic rings. The van der Waals surface area contributed by atoms with E-state index in [1.165, 1.54) is 0 Å². The second-order valence-corrected chi connectivity index (χ2v) is 3.50. The molecule has 0 aromatic carbocycles. The lowest BCUT2D eigenvalue weighted by atomic mass is 10.0. The molecule has 0 aliphatic carbocycles. The molecule has 14 heavy (non-hydrogen) atoms. The molecule has 0 saturated carbocycles. The van der Waals surface area contributed by atoms with Crippen LogP contribution in [0.4, 0.5) is 0 Å². The fraction of sp³-hybridized carbons (Fsp3) is 0.444. The second-order valence-electron chi connectivity index (χ2n) is 3.50. The first kappa shape index (κ1) is 9.08. The average Bonchev–Trinajstić information content (AvgIpc) is 2.60. The van der Waals surface area contributed by atoms with Gasteiger partial charge < -0.3 is 5.73 Å². The SMILES string of the molecule is CC(N)C(C)c1nnc2cccnn12. The summed E-state index contributed by atoms with van der Waals surface area (Å²) < 4.78 is 1.73. The fourth-order valence-electron chi connectivity index (χ4n) is 1.28. The largest absolute Gasteiger partial charge is 0.327 e. The molecule has 2 N–H and O–H groups in total. The molecule has 2 aromatic heterocycles. The topological polar surface area (TPSA) is 69.1 Å². The van der Waals surface area contributed by atoms with E-state index in [1.54, 1.807) is 10.7 Å². The summed E-state index contributed by atoms with van der Waals surface area (Å²) in [5.41, 5.74) is 6.57. The Bertz CT molecular complexity index is 433. The van der Waals surface area contributed by atoms with Crippen LogP contribution >= 0.6 is 0 Å². The summed E-state index contributed by atoms with van der Waals surface area (Å²) in [5, 5.41) is 12.3. The molecule has 0 saturated heterocycles. The Labute approximate surface area is 81.9 Å². The molecule has 0 bridgehead atoms. The zero-order valence-electron chi connectivity index (χ0n) is 8.25. The van der Waals surface area contributed by atoms with E-state index >= 15 is 0 Å². The minimum atomic E-state index is 0.0457. The van der Waals surface area contributed by atoms with Crippen molar-refractivity contribution in [2.24, 2.45) is 5.73 Å². The monoisotopic (exact) mass is 191 g/mol. The molecule has 2 aromatic rings. The van der Waals surface area contributed by atoms with Crippen molar-refractivity contribution in [3.05, 3.63) is 24.2 Å². The van der Waals surface area contributed by atoms with Crippen molar-refractivity contribution in [2.45, 2.75) is 25.8 Å². The van der Waals surface area contributed by atoms with Crippen molar-refractivity contribution in [3.8, 4) is 0 Å². The summed E-state index contributed by atoms with van der Waals surface area (Å²) in [4.78, 5) is 0. The van der Waals surface area contributed by atoms with Gasteiger partial charge in [0.1, 0.15) is 0 Å². The van der Waals surface area contributed by atoms with Gasteiger partial charge in [-0.1, -0.05) is 6.92 Å². The Kier molecular flexibility index (Phi) is 2.17. The van der Waals surface area contributed by atoms with Crippen LogP contribution in [0, 0.1) is 0 Å². The van der Waals surface area contributed by atoms with Crippen LogP contribution in [0.25, 0.3) is 5.65 Å². The molecule has 5 nitrogen and oxygen atoms in total. The Morgan fingerprint density at radius 2 is 2.14 bits per heavy atom. The minimum Gasteiger partial charge on any atom is -0.327 e. The van der Waals surface area contributed by atoms with Gasteiger partial charge in [-0.25, -0.2) is 0 Å². The highest BCUT2D eigenvalue weighted by atomic mass is 15.4. The van der Waals surface area contributed by atoms with E-state index < -0.39 is 0 Å². The number of hydrogen-bond donors (Lipinski definition) is 1. The molecule has 0 spiro atoms. The molecular formula is C9H13N5. The number of nitrogens with zero attached hydrogens (tertiary/aromatic N) is 4. The van der Waals surface area contributed by atoms with Crippen LogP contribution in [-0.2, 0) is 0 Å². The standard InChI is InChI=1S/C9H13N5/c1-6(7(2)10)9-13-12-8-4-3-5-11-14(8)9/h3-7H,10H2,1-2H3. The summed E-state index contributed by atoms with van der Waals surface area (Å²) in [6.45, 7) is 3.98. The molecule has 5 heteroatoms. The Morgan fingerprint density at radius 3 is 2.86 bits per heavy atom. The number of rotatable bonds is 2. The van der Waals surface area contributed by atoms with Crippen molar-refractivity contribution in [3.63, 3.8) is 0 Å². The van der Waals surface area contributed by atoms with Crippen LogP contribution in [-0.4, -0.2) is 25.9 Å². The number of fused-ring (bicyclic) bond motifs is 1. The van der Waals surface area contributed by atoms with Gasteiger partial charge in [-0.3, -0.25) is 0 Å². The lowest BCUT2D eigenvalue weighted by molar-refractivity contribution is 0.565. The van der Waals surface area contributed by atoms with Crippen molar-refractivity contribution < 1.29 is 0 Å². The zero-order chi connectivity index (χ0) is 10.1. The van der Waals surface area contributed by atoms with E-state index in [4.69, 9.17) is 5.73 Å². The minimum absolute atomic E-state index is 0.0457. The fourth-order valence-corrected chi connectivity index (χ4v) is 1.28. The molecular weight excluding hydrogens is 178 g/mol. The van der Waals surface area contributed by atoms with E-state index in [2.05, 4.69) is 15.3 Å². The Hall–Kier alpha value is -1.49. The predicted molar refractivity (Wildman–Crippen MR) is 52.8 cm³/mol. The first-order valence-electron chi connectivity index (χ1n) is 4.62. The van der Waals surface area contributed by atoms with Gasteiger partial charge in [0.2, 0.25) is 0 Å². The van der Waals surface area contributed by atoms with Crippen LogP contribution in [0.5, 0.6) is 0 Å². The second kappa shape index (κ2) is 3.34. The molecule has 2 rings (SSSR count). The van der Waals surface area contributed by atoms with Crippen LogP contribution in [0.3, 0.4) is 0 Å². The molecule has 2 atom stereocenters. The van der Waals surface area contributed by atoms with Crippen LogP contribution < -0.4 is 5.73 Å². The smallest absolute Gasteiger partial charge is 0.177 e. The van der Waals surface area contributed by atoms with E-state index in [9.17, 15) is 0 Å². The van der Waals surface area contributed by atoms with Gasteiger partial charge in [0.25, 0.3) is 0 Å². The van der Waals surface area contributed by atoms with Gasteiger partial charge in [0, 0.05) is 18.2 Å². The van der Waals surface area contributed by atoms with E-state index in [1.807, 2.05) is 26.0 Å². The van der Waals surface area contributed by atoms with Gasteiger partial charge in [0.15, 0.2) is 11.5 Å².